The summed E-state index contributed by atoms with van der Waals surface area (Å²) in [7, 11) is 0. The monoisotopic (exact) mass is 264 g/mol. The van der Waals surface area contributed by atoms with Crippen LogP contribution in [0.5, 0.6) is 0 Å². The molecule has 1 aliphatic carbocycles. The van der Waals surface area contributed by atoms with Gasteiger partial charge in [-0.05, 0) is 43.9 Å². The van der Waals surface area contributed by atoms with Crippen LogP contribution in [0.4, 0.5) is 10.1 Å². The highest BCUT2D eigenvalue weighted by Gasteiger charge is 2.15. The van der Waals surface area contributed by atoms with E-state index in [4.69, 9.17) is 0 Å². The molecule has 1 N–H and O–H groups in total. The quantitative estimate of drug-likeness (QED) is 0.505. The van der Waals surface area contributed by atoms with Crippen molar-refractivity contribution in [1.29, 1.82) is 0 Å². The summed E-state index contributed by atoms with van der Waals surface area (Å²) in [5.41, 5.74) is 0.369. The molecule has 0 spiro atoms. The lowest BCUT2D eigenvalue weighted by molar-refractivity contribution is -0.385. The lowest BCUT2D eigenvalue weighted by Gasteiger charge is -2.18. The van der Waals surface area contributed by atoms with Crippen LogP contribution in [-0.2, 0) is 6.54 Å². The number of halogens is 1. The largest absolute Gasteiger partial charge is 0.312 e. The zero-order valence-corrected chi connectivity index (χ0v) is 10.6. The third-order valence-electron chi connectivity index (χ3n) is 3.36. The Kier molecular flexibility index (Phi) is 4.63. The summed E-state index contributed by atoms with van der Waals surface area (Å²) >= 11 is 0. The lowest BCUT2D eigenvalue weighted by Crippen LogP contribution is -2.23. The van der Waals surface area contributed by atoms with Crippen molar-refractivity contribution in [3.05, 3.63) is 51.8 Å². The molecule has 1 atom stereocenters. The maximum Gasteiger partial charge on any atom is 0.274 e. The summed E-state index contributed by atoms with van der Waals surface area (Å²) in [5.74, 6) is 0.126. The molecule has 0 amide bonds. The number of nitro groups is 1. The second-order valence-electron chi connectivity index (χ2n) is 4.81. The molecule has 1 aromatic rings. The molecule has 0 saturated carbocycles. The zero-order valence-electron chi connectivity index (χ0n) is 10.6. The van der Waals surface area contributed by atoms with Gasteiger partial charge in [-0.2, -0.15) is 0 Å². The smallest absolute Gasteiger partial charge is 0.274 e. The Morgan fingerprint density at radius 3 is 2.95 bits per heavy atom. The molecule has 1 unspecified atom stereocenters. The molecule has 0 aromatic heterocycles. The van der Waals surface area contributed by atoms with E-state index in [-0.39, 0.29) is 5.69 Å². The summed E-state index contributed by atoms with van der Waals surface area (Å²) in [6.45, 7) is 1.13. The van der Waals surface area contributed by atoms with Gasteiger partial charge in [-0.25, -0.2) is 4.39 Å². The Labute approximate surface area is 111 Å². The first kappa shape index (κ1) is 13.7. The van der Waals surface area contributed by atoms with Crippen LogP contribution in [0.2, 0.25) is 0 Å². The van der Waals surface area contributed by atoms with E-state index in [1.165, 1.54) is 12.1 Å². The Morgan fingerprint density at radius 1 is 1.42 bits per heavy atom. The third-order valence-corrected chi connectivity index (χ3v) is 3.36. The second-order valence-corrected chi connectivity index (χ2v) is 4.81. The molecule has 5 heteroatoms. The number of nitro benzene ring substituents is 1. The molecule has 0 saturated heterocycles. The third kappa shape index (κ3) is 3.86. The van der Waals surface area contributed by atoms with Crippen molar-refractivity contribution in [3.8, 4) is 0 Å². The van der Waals surface area contributed by atoms with Crippen molar-refractivity contribution in [2.24, 2.45) is 5.92 Å². The number of allylic oxidation sites excluding steroid dienone is 2. The van der Waals surface area contributed by atoms with Crippen LogP contribution in [0.25, 0.3) is 0 Å². The minimum atomic E-state index is -0.472. The van der Waals surface area contributed by atoms with Crippen LogP contribution in [-0.4, -0.2) is 11.5 Å². The summed E-state index contributed by atoms with van der Waals surface area (Å²) in [4.78, 5) is 10.4. The molecule has 0 bridgehead atoms. The average molecular weight is 264 g/mol. The van der Waals surface area contributed by atoms with Gasteiger partial charge < -0.3 is 5.32 Å². The fourth-order valence-electron chi connectivity index (χ4n) is 2.33. The van der Waals surface area contributed by atoms with E-state index in [0.717, 1.165) is 31.9 Å². The van der Waals surface area contributed by atoms with Crippen molar-refractivity contribution < 1.29 is 9.31 Å². The number of hydrogen-bond acceptors (Lipinski definition) is 3. The molecule has 0 radical (unpaired) electrons. The van der Waals surface area contributed by atoms with Crippen LogP contribution in [0, 0.1) is 21.8 Å². The van der Waals surface area contributed by atoms with Gasteiger partial charge in [-0.1, -0.05) is 12.2 Å². The molecule has 1 aliphatic rings. The highest BCUT2D eigenvalue weighted by molar-refractivity contribution is 5.40. The predicted octanol–water partition coefficient (Wildman–Crippen LogP) is 3.18. The van der Waals surface area contributed by atoms with E-state index >= 15 is 0 Å². The van der Waals surface area contributed by atoms with Gasteiger partial charge in [0.05, 0.1) is 4.92 Å². The van der Waals surface area contributed by atoms with Crippen LogP contribution < -0.4 is 5.32 Å². The van der Waals surface area contributed by atoms with Gasteiger partial charge in [0.2, 0.25) is 0 Å². The number of nitrogens with zero attached hydrogens (tertiary/aromatic N) is 1. The summed E-state index contributed by atoms with van der Waals surface area (Å²) in [5, 5.41) is 14.0. The minimum Gasteiger partial charge on any atom is -0.312 e. The van der Waals surface area contributed by atoms with Gasteiger partial charge in [-0.3, -0.25) is 10.1 Å². The topological polar surface area (TPSA) is 55.2 Å². The van der Waals surface area contributed by atoms with E-state index in [9.17, 15) is 14.5 Å². The molecular weight excluding hydrogens is 247 g/mol. The van der Waals surface area contributed by atoms with E-state index in [0.29, 0.717) is 18.0 Å². The van der Waals surface area contributed by atoms with Crippen molar-refractivity contribution >= 4 is 5.69 Å². The molecule has 19 heavy (non-hydrogen) atoms. The normalized spacial score (nSPS) is 18.5. The molecule has 0 heterocycles. The molecule has 1 aromatic carbocycles. The summed E-state index contributed by atoms with van der Waals surface area (Å²) in [6, 6.07) is 3.56. The van der Waals surface area contributed by atoms with Crippen LogP contribution in [0.3, 0.4) is 0 Å². The first-order chi connectivity index (χ1) is 9.16. The highest BCUT2D eigenvalue weighted by Crippen LogP contribution is 2.20. The van der Waals surface area contributed by atoms with Crippen molar-refractivity contribution in [2.75, 3.05) is 6.54 Å². The number of nitrogens with one attached hydrogen (secondary N) is 1. The van der Waals surface area contributed by atoms with E-state index in [1.54, 1.807) is 0 Å². The molecular formula is C14H17FN2O2. The summed E-state index contributed by atoms with van der Waals surface area (Å²) < 4.78 is 13.1. The SMILES string of the molecule is O=[N+]([O-])c1ccc(F)cc1CNCC1CC=CCC1. The fraction of sp³-hybridized carbons (Fsp3) is 0.429. The molecule has 4 nitrogen and oxygen atoms in total. The van der Waals surface area contributed by atoms with Gasteiger partial charge in [0.1, 0.15) is 5.82 Å². The number of benzene rings is 1. The number of rotatable bonds is 5. The fourth-order valence-corrected chi connectivity index (χ4v) is 2.33. The van der Waals surface area contributed by atoms with Gasteiger partial charge in [0, 0.05) is 18.2 Å². The van der Waals surface area contributed by atoms with E-state index < -0.39 is 10.7 Å². The van der Waals surface area contributed by atoms with Gasteiger partial charge in [0.15, 0.2) is 0 Å². The molecule has 0 fully saturated rings. The molecule has 2 rings (SSSR count). The van der Waals surface area contributed by atoms with Gasteiger partial charge in [0.25, 0.3) is 5.69 Å². The van der Waals surface area contributed by atoms with Crippen LogP contribution in [0.15, 0.2) is 30.4 Å². The van der Waals surface area contributed by atoms with Crippen LogP contribution >= 0.6 is 0 Å². The van der Waals surface area contributed by atoms with Gasteiger partial charge >= 0.3 is 0 Å². The Bertz CT molecular complexity index is 488. The first-order valence-corrected chi connectivity index (χ1v) is 6.45. The second kappa shape index (κ2) is 6.43. The Morgan fingerprint density at radius 2 is 2.26 bits per heavy atom. The maximum atomic E-state index is 13.1. The number of hydrogen-bond donors (Lipinski definition) is 1. The van der Waals surface area contributed by atoms with Gasteiger partial charge in [-0.15, -0.1) is 0 Å². The molecule has 0 aliphatic heterocycles. The maximum absolute atomic E-state index is 13.1. The predicted molar refractivity (Wildman–Crippen MR) is 71.2 cm³/mol. The highest BCUT2D eigenvalue weighted by atomic mass is 19.1. The Balaban J connectivity index is 1.93. The van der Waals surface area contributed by atoms with E-state index in [2.05, 4.69) is 17.5 Å². The van der Waals surface area contributed by atoms with E-state index in [1.807, 2.05) is 0 Å². The standard InChI is InChI=1S/C14H17FN2O2/c15-13-6-7-14(17(18)19)12(8-13)10-16-9-11-4-2-1-3-5-11/h1-2,6-8,11,16H,3-5,9-10H2. The first-order valence-electron chi connectivity index (χ1n) is 6.45. The van der Waals surface area contributed by atoms with Crippen molar-refractivity contribution in [3.63, 3.8) is 0 Å². The summed E-state index contributed by atoms with van der Waals surface area (Å²) in [6.07, 6.45) is 7.61. The Hall–Kier alpha value is -1.75. The average Bonchev–Trinajstić information content (AvgIpc) is 2.39. The van der Waals surface area contributed by atoms with Crippen molar-refractivity contribution in [1.82, 2.24) is 5.32 Å². The van der Waals surface area contributed by atoms with Crippen molar-refractivity contribution in [2.45, 2.75) is 25.8 Å². The zero-order chi connectivity index (χ0) is 13.7. The van der Waals surface area contributed by atoms with Crippen LogP contribution in [0.1, 0.15) is 24.8 Å². The lowest BCUT2D eigenvalue weighted by atomic mass is 9.94. The molecule has 102 valence electrons. The minimum absolute atomic E-state index is 0.0301.